The summed E-state index contributed by atoms with van der Waals surface area (Å²) in [7, 11) is 0. The van der Waals surface area contributed by atoms with E-state index >= 15 is 0 Å². The summed E-state index contributed by atoms with van der Waals surface area (Å²) in [5.74, 6) is -0.296. The highest BCUT2D eigenvalue weighted by atomic mass is 35.5. The van der Waals surface area contributed by atoms with E-state index in [1.807, 2.05) is 6.92 Å². The molecule has 0 bridgehead atoms. The van der Waals surface area contributed by atoms with E-state index in [1.165, 1.54) is 18.6 Å². The SMILES string of the molecule is CC(NCCC1CCCO1)c1ccc(F)cc1Cl. The molecule has 1 saturated heterocycles. The van der Waals surface area contributed by atoms with Gasteiger partial charge in [-0.3, -0.25) is 0 Å². The molecular formula is C14H19ClFNO. The van der Waals surface area contributed by atoms with Crippen LogP contribution < -0.4 is 5.32 Å². The molecule has 100 valence electrons. The number of halogens is 2. The molecule has 1 aliphatic heterocycles. The Morgan fingerprint density at radius 3 is 3.06 bits per heavy atom. The maximum atomic E-state index is 12.9. The zero-order valence-corrected chi connectivity index (χ0v) is 11.3. The van der Waals surface area contributed by atoms with Gasteiger partial charge in [0.2, 0.25) is 0 Å². The van der Waals surface area contributed by atoms with Crippen LogP contribution in [-0.4, -0.2) is 19.3 Å². The quantitative estimate of drug-likeness (QED) is 0.882. The second kappa shape index (κ2) is 6.50. The highest BCUT2D eigenvalue weighted by molar-refractivity contribution is 6.31. The van der Waals surface area contributed by atoms with Crippen LogP contribution in [0.25, 0.3) is 0 Å². The summed E-state index contributed by atoms with van der Waals surface area (Å²) in [6.45, 7) is 3.82. The van der Waals surface area contributed by atoms with Gasteiger partial charge in [-0.2, -0.15) is 0 Å². The summed E-state index contributed by atoms with van der Waals surface area (Å²) in [6.07, 6.45) is 3.74. The number of hydrogen-bond acceptors (Lipinski definition) is 2. The van der Waals surface area contributed by atoms with Gasteiger partial charge >= 0.3 is 0 Å². The fourth-order valence-corrected chi connectivity index (χ4v) is 2.63. The number of rotatable bonds is 5. The van der Waals surface area contributed by atoms with Crippen LogP contribution in [0, 0.1) is 5.82 Å². The summed E-state index contributed by atoms with van der Waals surface area (Å²) >= 11 is 6.03. The molecule has 2 atom stereocenters. The van der Waals surface area contributed by atoms with Crippen molar-refractivity contribution in [3.05, 3.63) is 34.6 Å². The van der Waals surface area contributed by atoms with E-state index < -0.39 is 0 Å². The van der Waals surface area contributed by atoms with Crippen molar-refractivity contribution in [1.82, 2.24) is 5.32 Å². The van der Waals surface area contributed by atoms with Crippen LogP contribution in [0.2, 0.25) is 5.02 Å². The first-order valence-corrected chi connectivity index (χ1v) is 6.84. The second-order valence-electron chi connectivity index (χ2n) is 4.77. The van der Waals surface area contributed by atoms with Crippen molar-refractivity contribution in [3.8, 4) is 0 Å². The second-order valence-corrected chi connectivity index (χ2v) is 5.17. The number of hydrogen-bond donors (Lipinski definition) is 1. The van der Waals surface area contributed by atoms with E-state index in [4.69, 9.17) is 16.3 Å². The summed E-state index contributed by atoms with van der Waals surface area (Å²) < 4.78 is 18.5. The lowest BCUT2D eigenvalue weighted by atomic mass is 10.1. The molecule has 1 N–H and O–H groups in total. The standard InChI is InChI=1S/C14H19ClFNO/c1-10(13-5-4-11(16)9-14(13)15)17-7-6-12-3-2-8-18-12/h4-5,9-10,12,17H,2-3,6-8H2,1H3. The summed E-state index contributed by atoms with van der Waals surface area (Å²) in [4.78, 5) is 0. The highest BCUT2D eigenvalue weighted by Crippen LogP contribution is 2.24. The molecule has 0 saturated carbocycles. The molecule has 1 aromatic rings. The predicted octanol–water partition coefficient (Wildman–Crippen LogP) is 3.70. The van der Waals surface area contributed by atoms with Gasteiger partial charge in [0.05, 0.1) is 6.10 Å². The number of nitrogens with one attached hydrogen (secondary N) is 1. The van der Waals surface area contributed by atoms with Crippen LogP contribution >= 0.6 is 11.6 Å². The molecule has 0 aromatic heterocycles. The van der Waals surface area contributed by atoms with Gasteiger partial charge in [-0.15, -0.1) is 0 Å². The maximum Gasteiger partial charge on any atom is 0.124 e. The average molecular weight is 272 g/mol. The van der Waals surface area contributed by atoms with E-state index in [0.29, 0.717) is 11.1 Å². The Bertz CT molecular complexity index is 393. The van der Waals surface area contributed by atoms with Crippen molar-refractivity contribution in [1.29, 1.82) is 0 Å². The third-order valence-corrected chi connectivity index (χ3v) is 3.70. The van der Waals surface area contributed by atoms with Crippen molar-refractivity contribution in [2.45, 2.75) is 38.3 Å². The minimum atomic E-state index is -0.296. The Morgan fingerprint density at radius 1 is 1.56 bits per heavy atom. The molecule has 2 rings (SSSR count). The van der Waals surface area contributed by atoms with Gasteiger partial charge in [-0.05, 0) is 50.4 Å². The first-order chi connectivity index (χ1) is 8.66. The van der Waals surface area contributed by atoms with Crippen LogP contribution in [0.3, 0.4) is 0 Å². The molecule has 1 aromatic carbocycles. The van der Waals surface area contributed by atoms with Gasteiger partial charge in [-0.25, -0.2) is 4.39 Å². The molecule has 18 heavy (non-hydrogen) atoms. The van der Waals surface area contributed by atoms with Gasteiger partial charge in [0.1, 0.15) is 5.82 Å². The van der Waals surface area contributed by atoms with Crippen LogP contribution in [0.1, 0.15) is 37.8 Å². The largest absolute Gasteiger partial charge is 0.378 e. The highest BCUT2D eigenvalue weighted by Gasteiger charge is 2.16. The van der Waals surface area contributed by atoms with Crippen LogP contribution in [0.4, 0.5) is 4.39 Å². The minimum absolute atomic E-state index is 0.125. The lowest BCUT2D eigenvalue weighted by Crippen LogP contribution is -2.23. The zero-order valence-electron chi connectivity index (χ0n) is 10.6. The Hall–Kier alpha value is -0.640. The van der Waals surface area contributed by atoms with E-state index in [9.17, 15) is 4.39 Å². The molecule has 2 nitrogen and oxygen atoms in total. The Kier molecular flexibility index (Phi) is 4.98. The predicted molar refractivity (Wildman–Crippen MR) is 71.4 cm³/mol. The fraction of sp³-hybridized carbons (Fsp3) is 0.571. The van der Waals surface area contributed by atoms with E-state index in [2.05, 4.69) is 5.32 Å². The minimum Gasteiger partial charge on any atom is -0.378 e. The third kappa shape index (κ3) is 3.67. The maximum absolute atomic E-state index is 12.9. The van der Waals surface area contributed by atoms with Crippen LogP contribution in [-0.2, 0) is 4.74 Å². The van der Waals surface area contributed by atoms with Crippen molar-refractivity contribution >= 4 is 11.6 Å². The van der Waals surface area contributed by atoms with Gasteiger partial charge < -0.3 is 10.1 Å². The lowest BCUT2D eigenvalue weighted by molar-refractivity contribution is 0.103. The van der Waals surface area contributed by atoms with Gasteiger partial charge in [0, 0.05) is 17.7 Å². The summed E-state index contributed by atoms with van der Waals surface area (Å²) in [5, 5.41) is 3.88. The molecule has 1 aliphatic rings. The molecule has 1 heterocycles. The van der Waals surface area contributed by atoms with Gasteiger partial charge in [0.25, 0.3) is 0 Å². The van der Waals surface area contributed by atoms with E-state index in [1.54, 1.807) is 6.07 Å². The van der Waals surface area contributed by atoms with Crippen LogP contribution in [0.5, 0.6) is 0 Å². The van der Waals surface area contributed by atoms with E-state index in [-0.39, 0.29) is 11.9 Å². The average Bonchev–Trinajstić information content (AvgIpc) is 2.81. The third-order valence-electron chi connectivity index (χ3n) is 3.37. The van der Waals surface area contributed by atoms with Gasteiger partial charge in [0.15, 0.2) is 0 Å². The topological polar surface area (TPSA) is 21.3 Å². The first-order valence-electron chi connectivity index (χ1n) is 6.47. The monoisotopic (exact) mass is 271 g/mol. The van der Waals surface area contributed by atoms with Crippen molar-refractivity contribution in [2.75, 3.05) is 13.2 Å². The van der Waals surface area contributed by atoms with E-state index in [0.717, 1.165) is 31.6 Å². The smallest absolute Gasteiger partial charge is 0.124 e. The molecule has 0 spiro atoms. The molecule has 2 unspecified atom stereocenters. The molecular weight excluding hydrogens is 253 g/mol. The molecule has 0 amide bonds. The summed E-state index contributed by atoms with van der Waals surface area (Å²) in [5.41, 5.74) is 0.936. The van der Waals surface area contributed by atoms with Crippen LogP contribution in [0.15, 0.2) is 18.2 Å². The van der Waals surface area contributed by atoms with Gasteiger partial charge in [-0.1, -0.05) is 17.7 Å². The number of ether oxygens (including phenoxy) is 1. The zero-order chi connectivity index (χ0) is 13.0. The molecule has 1 fully saturated rings. The van der Waals surface area contributed by atoms with Crippen molar-refractivity contribution in [3.63, 3.8) is 0 Å². The number of benzene rings is 1. The first kappa shape index (κ1) is 13.8. The molecule has 0 aliphatic carbocycles. The van der Waals surface area contributed by atoms with Crippen molar-refractivity contribution < 1.29 is 9.13 Å². The molecule has 0 radical (unpaired) electrons. The fourth-order valence-electron chi connectivity index (χ4n) is 2.30. The molecule has 4 heteroatoms. The van der Waals surface area contributed by atoms with Crippen molar-refractivity contribution in [2.24, 2.45) is 0 Å². The summed E-state index contributed by atoms with van der Waals surface area (Å²) in [6, 6.07) is 4.66. The lowest BCUT2D eigenvalue weighted by Gasteiger charge is -2.17. The Morgan fingerprint density at radius 2 is 2.39 bits per heavy atom. The Balaban J connectivity index is 1.81. The normalized spacial score (nSPS) is 21.2. The Labute approximate surface area is 112 Å².